The highest BCUT2D eigenvalue weighted by Crippen LogP contribution is 2.27. The van der Waals surface area contributed by atoms with Crippen LogP contribution in [0.2, 0.25) is 10.0 Å². The topological polar surface area (TPSA) is 75.7 Å². The molecule has 146 valence electrons. The molecule has 1 N–H and O–H groups in total. The Kier molecular flexibility index (Phi) is 7.49. The summed E-state index contributed by atoms with van der Waals surface area (Å²) in [5.74, 6) is 0.0109. The van der Waals surface area contributed by atoms with E-state index in [1.807, 2.05) is 6.92 Å². The molecule has 0 saturated carbocycles. The van der Waals surface area contributed by atoms with Crippen molar-refractivity contribution in [1.82, 2.24) is 4.31 Å². The Morgan fingerprint density at radius 2 is 1.85 bits per heavy atom. The first-order valence-electron chi connectivity index (χ1n) is 8.17. The largest absolute Gasteiger partial charge is 0.495 e. The van der Waals surface area contributed by atoms with Gasteiger partial charge in [-0.05, 0) is 36.8 Å². The molecule has 2 aromatic carbocycles. The number of carbonyl (C=O) groups excluding carboxylic acids is 1. The molecule has 0 aliphatic carbocycles. The van der Waals surface area contributed by atoms with Gasteiger partial charge in [0.05, 0.1) is 34.3 Å². The molecule has 0 heterocycles. The van der Waals surface area contributed by atoms with Gasteiger partial charge >= 0.3 is 0 Å². The predicted octanol–water partition coefficient (Wildman–Crippen LogP) is 4.04. The molecule has 1 amide bonds. The molecule has 0 saturated heterocycles. The molecule has 0 unspecified atom stereocenters. The molecule has 2 rings (SSSR count). The van der Waals surface area contributed by atoms with E-state index in [0.29, 0.717) is 17.9 Å². The molecule has 27 heavy (non-hydrogen) atoms. The number of amides is 1. The van der Waals surface area contributed by atoms with Crippen molar-refractivity contribution >= 4 is 44.8 Å². The maximum absolute atomic E-state index is 12.9. The van der Waals surface area contributed by atoms with Crippen LogP contribution < -0.4 is 10.1 Å². The average Bonchev–Trinajstić information content (AvgIpc) is 2.64. The zero-order valence-electron chi connectivity index (χ0n) is 14.9. The fraction of sp³-hybridized carbons (Fsp3) is 0.278. The van der Waals surface area contributed by atoms with E-state index in [0.717, 1.165) is 4.31 Å². The number of nitrogens with one attached hydrogen (secondary N) is 1. The van der Waals surface area contributed by atoms with Gasteiger partial charge in [0, 0.05) is 6.54 Å². The summed E-state index contributed by atoms with van der Waals surface area (Å²) >= 11 is 11.8. The summed E-state index contributed by atoms with van der Waals surface area (Å²) < 4.78 is 32.1. The summed E-state index contributed by atoms with van der Waals surface area (Å²) in [7, 11) is -2.42. The molecule has 0 atom stereocenters. The highest BCUT2D eigenvalue weighted by atomic mass is 35.5. The Morgan fingerprint density at radius 1 is 1.15 bits per heavy atom. The number of anilines is 1. The zero-order valence-corrected chi connectivity index (χ0v) is 17.2. The van der Waals surface area contributed by atoms with Crippen molar-refractivity contribution in [1.29, 1.82) is 0 Å². The summed E-state index contributed by atoms with van der Waals surface area (Å²) in [6, 6.07) is 10.9. The van der Waals surface area contributed by atoms with Gasteiger partial charge in [0.15, 0.2) is 0 Å². The van der Waals surface area contributed by atoms with Crippen LogP contribution in [0.5, 0.6) is 5.75 Å². The van der Waals surface area contributed by atoms with Gasteiger partial charge in [-0.25, -0.2) is 8.42 Å². The number of hydrogen-bond donors (Lipinski definition) is 1. The van der Waals surface area contributed by atoms with Gasteiger partial charge in [-0.15, -0.1) is 0 Å². The third kappa shape index (κ3) is 5.35. The third-order valence-electron chi connectivity index (χ3n) is 3.70. The monoisotopic (exact) mass is 430 g/mol. The number of methoxy groups -OCH3 is 1. The van der Waals surface area contributed by atoms with Gasteiger partial charge in [0.25, 0.3) is 0 Å². The summed E-state index contributed by atoms with van der Waals surface area (Å²) in [4.78, 5) is 12.4. The standard InChI is InChI=1S/C18H20Cl2N2O4S/c1-3-10-22(27(24,25)13-8-9-14(19)15(20)11-13)12-18(23)21-16-6-4-5-7-17(16)26-2/h4-9,11H,3,10,12H2,1-2H3,(H,21,23). The van der Waals surface area contributed by atoms with E-state index in [-0.39, 0.29) is 28.0 Å². The van der Waals surface area contributed by atoms with E-state index >= 15 is 0 Å². The van der Waals surface area contributed by atoms with Crippen LogP contribution in [-0.4, -0.2) is 38.8 Å². The average molecular weight is 431 g/mol. The molecule has 2 aromatic rings. The van der Waals surface area contributed by atoms with Crippen molar-refractivity contribution in [2.75, 3.05) is 25.5 Å². The molecule has 0 aromatic heterocycles. The first-order chi connectivity index (χ1) is 12.8. The number of benzene rings is 2. The fourth-order valence-electron chi connectivity index (χ4n) is 2.42. The van der Waals surface area contributed by atoms with Crippen molar-refractivity contribution < 1.29 is 17.9 Å². The molecule has 0 spiro atoms. The van der Waals surface area contributed by atoms with Gasteiger partial charge in [-0.2, -0.15) is 4.31 Å². The lowest BCUT2D eigenvalue weighted by atomic mass is 10.3. The minimum atomic E-state index is -3.91. The van der Waals surface area contributed by atoms with E-state index in [1.54, 1.807) is 24.3 Å². The van der Waals surface area contributed by atoms with Gasteiger partial charge in [-0.3, -0.25) is 4.79 Å². The number of rotatable bonds is 8. The number of halogens is 2. The number of para-hydroxylation sites is 2. The molecular weight excluding hydrogens is 411 g/mol. The van der Waals surface area contributed by atoms with E-state index in [4.69, 9.17) is 27.9 Å². The minimum Gasteiger partial charge on any atom is -0.495 e. The number of ether oxygens (including phenoxy) is 1. The van der Waals surface area contributed by atoms with Gasteiger partial charge in [0.2, 0.25) is 15.9 Å². The Bertz CT molecular complexity index is 919. The number of hydrogen-bond acceptors (Lipinski definition) is 4. The Labute approximate surface area is 169 Å². The second kappa shape index (κ2) is 9.41. The van der Waals surface area contributed by atoms with Crippen LogP contribution in [0.1, 0.15) is 13.3 Å². The van der Waals surface area contributed by atoms with E-state index < -0.39 is 15.9 Å². The maximum atomic E-state index is 12.9. The molecule has 6 nitrogen and oxygen atoms in total. The second-order valence-electron chi connectivity index (χ2n) is 5.66. The van der Waals surface area contributed by atoms with Crippen LogP contribution in [0.25, 0.3) is 0 Å². The number of nitrogens with zero attached hydrogens (tertiary/aromatic N) is 1. The van der Waals surface area contributed by atoms with Gasteiger partial charge in [0.1, 0.15) is 5.75 Å². The highest BCUT2D eigenvalue weighted by molar-refractivity contribution is 7.89. The summed E-state index contributed by atoms with van der Waals surface area (Å²) in [5, 5.41) is 3.07. The quantitative estimate of drug-likeness (QED) is 0.685. The van der Waals surface area contributed by atoms with Crippen molar-refractivity contribution in [3.05, 3.63) is 52.5 Å². The van der Waals surface area contributed by atoms with Crippen LogP contribution in [0.3, 0.4) is 0 Å². The molecule has 9 heteroatoms. The molecule has 0 aliphatic rings. The lowest BCUT2D eigenvalue weighted by Crippen LogP contribution is -2.38. The lowest BCUT2D eigenvalue weighted by Gasteiger charge is -2.21. The van der Waals surface area contributed by atoms with Gasteiger partial charge in [-0.1, -0.05) is 42.3 Å². The Hall–Kier alpha value is -1.80. The van der Waals surface area contributed by atoms with Crippen molar-refractivity contribution in [3.8, 4) is 5.75 Å². The molecule has 0 aliphatic heterocycles. The Balaban J connectivity index is 2.23. The van der Waals surface area contributed by atoms with Gasteiger partial charge < -0.3 is 10.1 Å². The van der Waals surface area contributed by atoms with Crippen LogP contribution >= 0.6 is 23.2 Å². The van der Waals surface area contributed by atoms with Crippen molar-refractivity contribution in [2.24, 2.45) is 0 Å². The Morgan fingerprint density at radius 3 is 2.48 bits per heavy atom. The van der Waals surface area contributed by atoms with Crippen LogP contribution in [0.4, 0.5) is 5.69 Å². The van der Waals surface area contributed by atoms with Crippen molar-refractivity contribution in [2.45, 2.75) is 18.2 Å². The van der Waals surface area contributed by atoms with Crippen LogP contribution in [0.15, 0.2) is 47.4 Å². The van der Waals surface area contributed by atoms with Crippen LogP contribution in [0, 0.1) is 0 Å². The first-order valence-corrected chi connectivity index (χ1v) is 10.4. The number of carbonyl (C=O) groups is 1. The molecule has 0 bridgehead atoms. The van der Waals surface area contributed by atoms with Crippen molar-refractivity contribution in [3.63, 3.8) is 0 Å². The molecule has 0 fully saturated rings. The normalized spacial score (nSPS) is 11.4. The summed E-state index contributed by atoms with van der Waals surface area (Å²) in [6.07, 6.45) is 0.544. The fourth-order valence-corrected chi connectivity index (χ4v) is 4.30. The minimum absolute atomic E-state index is 0.0181. The summed E-state index contributed by atoms with van der Waals surface area (Å²) in [6.45, 7) is 1.67. The number of sulfonamides is 1. The SMILES string of the molecule is CCCN(CC(=O)Nc1ccccc1OC)S(=O)(=O)c1ccc(Cl)c(Cl)c1. The first kappa shape index (κ1) is 21.5. The van der Waals surface area contributed by atoms with E-state index in [1.165, 1.54) is 25.3 Å². The van der Waals surface area contributed by atoms with Crippen LogP contribution in [-0.2, 0) is 14.8 Å². The van der Waals surface area contributed by atoms with E-state index in [9.17, 15) is 13.2 Å². The lowest BCUT2D eigenvalue weighted by molar-refractivity contribution is -0.116. The van der Waals surface area contributed by atoms with E-state index in [2.05, 4.69) is 5.32 Å². The predicted molar refractivity (Wildman–Crippen MR) is 107 cm³/mol. The highest BCUT2D eigenvalue weighted by Gasteiger charge is 2.27. The molecular formula is C18H20Cl2N2O4S. The maximum Gasteiger partial charge on any atom is 0.243 e. The smallest absolute Gasteiger partial charge is 0.243 e. The zero-order chi connectivity index (χ0) is 20.0. The summed E-state index contributed by atoms with van der Waals surface area (Å²) in [5.41, 5.74) is 0.466. The third-order valence-corrected chi connectivity index (χ3v) is 6.28. The molecule has 0 radical (unpaired) electrons. The second-order valence-corrected chi connectivity index (χ2v) is 8.42.